The molecule has 0 spiro atoms. The Kier molecular flexibility index (Phi) is 5.52. The molecule has 1 N–H and O–H groups in total. The Hall–Kier alpha value is -3.61. The van der Waals surface area contributed by atoms with Gasteiger partial charge in [-0.15, -0.1) is 0 Å². The molecule has 154 valence electrons. The van der Waals surface area contributed by atoms with Crippen LogP contribution in [0.3, 0.4) is 0 Å². The summed E-state index contributed by atoms with van der Waals surface area (Å²) in [7, 11) is 1.62. The number of carbonyl (C=O) groups excluding carboxylic acids is 2. The van der Waals surface area contributed by atoms with Gasteiger partial charge in [0.1, 0.15) is 18.1 Å². The lowest BCUT2D eigenvalue weighted by Gasteiger charge is -2.26. The highest BCUT2D eigenvalue weighted by Gasteiger charge is 2.28. The average Bonchev–Trinajstić information content (AvgIpc) is 3.20. The molecule has 30 heavy (non-hydrogen) atoms. The van der Waals surface area contributed by atoms with Crippen LogP contribution in [0.5, 0.6) is 5.75 Å². The molecule has 7 nitrogen and oxygen atoms in total. The van der Waals surface area contributed by atoms with E-state index < -0.39 is 0 Å². The van der Waals surface area contributed by atoms with Crippen LogP contribution >= 0.6 is 0 Å². The van der Waals surface area contributed by atoms with Gasteiger partial charge in [-0.2, -0.15) is 5.10 Å². The Bertz CT molecular complexity index is 1060. The number of carbonyl (C=O) groups is 2. The molecule has 0 fully saturated rings. The van der Waals surface area contributed by atoms with Crippen LogP contribution in [0.25, 0.3) is 11.3 Å². The van der Waals surface area contributed by atoms with E-state index in [4.69, 9.17) is 4.74 Å². The summed E-state index contributed by atoms with van der Waals surface area (Å²) in [5.41, 5.74) is 3.87. The first kappa shape index (κ1) is 19.7. The van der Waals surface area contributed by atoms with E-state index in [2.05, 4.69) is 10.4 Å². The van der Waals surface area contributed by atoms with Crippen LogP contribution in [-0.2, 0) is 22.7 Å². The van der Waals surface area contributed by atoms with E-state index in [-0.39, 0.29) is 18.4 Å². The molecular weight excluding hydrogens is 380 g/mol. The van der Waals surface area contributed by atoms with Crippen LogP contribution in [0.4, 0.5) is 5.82 Å². The van der Waals surface area contributed by atoms with Crippen molar-refractivity contribution >= 4 is 17.6 Å². The Labute approximate surface area is 175 Å². The molecule has 0 aliphatic carbocycles. The van der Waals surface area contributed by atoms with E-state index >= 15 is 0 Å². The van der Waals surface area contributed by atoms with Crippen molar-refractivity contribution in [1.29, 1.82) is 0 Å². The van der Waals surface area contributed by atoms with Crippen molar-refractivity contribution in [2.45, 2.75) is 26.4 Å². The fraction of sp³-hybridized carbons (Fsp3) is 0.261. The third-order valence-corrected chi connectivity index (χ3v) is 5.17. The van der Waals surface area contributed by atoms with E-state index in [0.29, 0.717) is 25.3 Å². The summed E-state index contributed by atoms with van der Waals surface area (Å²) in [5.74, 6) is 1.13. The predicted octanol–water partition coefficient (Wildman–Crippen LogP) is 2.92. The number of methoxy groups -OCH3 is 1. The molecule has 0 unspecified atom stereocenters. The van der Waals surface area contributed by atoms with Crippen LogP contribution in [0, 0.1) is 6.92 Å². The van der Waals surface area contributed by atoms with E-state index in [9.17, 15) is 9.59 Å². The molecule has 3 aromatic rings. The normalized spacial score (nSPS) is 13.1. The quantitative estimate of drug-likeness (QED) is 0.685. The minimum atomic E-state index is -0.204. The molecule has 0 radical (unpaired) electrons. The summed E-state index contributed by atoms with van der Waals surface area (Å²) in [6.07, 6.45) is 0.321. The number of nitrogens with zero attached hydrogens (tertiary/aromatic N) is 3. The van der Waals surface area contributed by atoms with Gasteiger partial charge in [0, 0.05) is 24.6 Å². The first-order valence-electron chi connectivity index (χ1n) is 9.88. The number of fused-ring (bicyclic) bond motifs is 1. The summed E-state index contributed by atoms with van der Waals surface area (Å²) >= 11 is 0. The number of aryl methyl sites for hydroxylation is 2. The second-order valence-electron chi connectivity index (χ2n) is 7.33. The molecule has 2 heterocycles. The van der Waals surface area contributed by atoms with Crippen LogP contribution in [0.2, 0.25) is 0 Å². The SMILES string of the molecule is COc1ccc(-c2cc3n(n2)CCC(=O)N3CC(=O)NCc2ccc(C)cc2)cc1. The molecule has 1 aliphatic rings. The topological polar surface area (TPSA) is 76.5 Å². The van der Waals surface area contributed by atoms with Gasteiger partial charge >= 0.3 is 0 Å². The number of aromatic nitrogens is 2. The number of hydrogen-bond acceptors (Lipinski definition) is 4. The van der Waals surface area contributed by atoms with Crippen molar-refractivity contribution in [2.75, 3.05) is 18.6 Å². The zero-order valence-electron chi connectivity index (χ0n) is 17.1. The lowest BCUT2D eigenvalue weighted by Crippen LogP contribution is -2.44. The summed E-state index contributed by atoms with van der Waals surface area (Å²) in [6, 6.07) is 17.4. The van der Waals surface area contributed by atoms with Gasteiger partial charge in [0.05, 0.1) is 19.3 Å². The van der Waals surface area contributed by atoms with E-state index in [1.54, 1.807) is 11.8 Å². The van der Waals surface area contributed by atoms with Gasteiger partial charge in [0.25, 0.3) is 0 Å². The highest BCUT2D eigenvalue weighted by molar-refractivity contribution is 5.99. The zero-order chi connectivity index (χ0) is 21.1. The first-order chi connectivity index (χ1) is 14.5. The maximum Gasteiger partial charge on any atom is 0.240 e. The van der Waals surface area contributed by atoms with E-state index in [1.807, 2.05) is 61.5 Å². The Morgan fingerprint density at radius 3 is 2.57 bits per heavy atom. The second kappa shape index (κ2) is 8.41. The molecule has 0 saturated carbocycles. The molecule has 4 rings (SSSR count). The zero-order valence-corrected chi connectivity index (χ0v) is 17.1. The van der Waals surface area contributed by atoms with E-state index in [0.717, 1.165) is 22.6 Å². The summed E-state index contributed by atoms with van der Waals surface area (Å²) in [6.45, 7) is 2.93. The summed E-state index contributed by atoms with van der Waals surface area (Å²) < 4.78 is 6.98. The smallest absolute Gasteiger partial charge is 0.240 e. The number of nitrogens with one attached hydrogen (secondary N) is 1. The first-order valence-corrected chi connectivity index (χ1v) is 9.88. The molecular formula is C23H24N4O3. The lowest BCUT2D eigenvalue weighted by atomic mass is 10.1. The Morgan fingerprint density at radius 2 is 1.87 bits per heavy atom. The Balaban J connectivity index is 1.47. The third kappa shape index (κ3) is 4.20. The molecule has 1 aliphatic heterocycles. The fourth-order valence-electron chi connectivity index (χ4n) is 3.43. The number of rotatable bonds is 6. The molecule has 2 amide bonds. The molecule has 0 saturated heterocycles. The molecule has 0 bridgehead atoms. The van der Waals surface area contributed by atoms with Crippen molar-refractivity contribution in [3.8, 4) is 17.0 Å². The van der Waals surface area contributed by atoms with Gasteiger partial charge in [-0.3, -0.25) is 14.5 Å². The number of amides is 2. The Morgan fingerprint density at radius 1 is 1.13 bits per heavy atom. The standard InChI is InChI=1S/C23H24N4O3/c1-16-3-5-17(6-4-16)14-24-21(28)15-26-22-13-20(25-27(22)12-11-23(26)29)18-7-9-19(30-2)10-8-18/h3-10,13H,11-12,14-15H2,1-2H3,(H,24,28). The van der Waals surface area contributed by atoms with Crippen molar-refractivity contribution < 1.29 is 14.3 Å². The van der Waals surface area contributed by atoms with Gasteiger partial charge in [0.15, 0.2) is 0 Å². The molecule has 2 aromatic carbocycles. The third-order valence-electron chi connectivity index (χ3n) is 5.17. The van der Waals surface area contributed by atoms with Crippen molar-refractivity contribution in [3.63, 3.8) is 0 Å². The van der Waals surface area contributed by atoms with Crippen molar-refractivity contribution in [2.24, 2.45) is 0 Å². The highest BCUT2D eigenvalue weighted by atomic mass is 16.5. The maximum absolute atomic E-state index is 12.5. The largest absolute Gasteiger partial charge is 0.497 e. The minimum Gasteiger partial charge on any atom is -0.497 e. The lowest BCUT2D eigenvalue weighted by molar-refractivity contribution is -0.124. The van der Waals surface area contributed by atoms with Crippen LogP contribution in [0.15, 0.2) is 54.6 Å². The number of ether oxygens (including phenoxy) is 1. The van der Waals surface area contributed by atoms with Crippen molar-refractivity contribution in [3.05, 3.63) is 65.7 Å². The molecule has 7 heteroatoms. The van der Waals surface area contributed by atoms with Gasteiger partial charge < -0.3 is 10.1 Å². The average molecular weight is 404 g/mol. The van der Waals surface area contributed by atoms with Crippen LogP contribution < -0.4 is 15.0 Å². The summed E-state index contributed by atoms with van der Waals surface area (Å²) in [5, 5.41) is 7.51. The minimum absolute atomic E-state index is 0.0293. The maximum atomic E-state index is 12.5. The van der Waals surface area contributed by atoms with Crippen LogP contribution in [-0.4, -0.2) is 35.2 Å². The van der Waals surface area contributed by atoms with E-state index in [1.165, 1.54) is 10.5 Å². The van der Waals surface area contributed by atoms with Gasteiger partial charge in [0.2, 0.25) is 11.8 Å². The molecule has 0 atom stereocenters. The second-order valence-corrected chi connectivity index (χ2v) is 7.33. The van der Waals surface area contributed by atoms with Gasteiger partial charge in [-0.1, -0.05) is 29.8 Å². The monoisotopic (exact) mass is 404 g/mol. The fourth-order valence-corrected chi connectivity index (χ4v) is 3.43. The highest BCUT2D eigenvalue weighted by Crippen LogP contribution is 2.28. The van der Waals surface area contributed by atoms with Gasteiger partial charge in [-0.25, -0.2) is 4.68 Å². The number of anilines is 1. The van der Waals surface area contributed by atoms with Gasteiger partial charge in [-0.05, 0) is 36.8 Å². The molecule has 1 aromatic heterocycles. The number of hydrogen-bond donors (Lipinski definition) is 1. The predicted molar refractivity (Wildman–Crippen MR) is 114 cm³/mol. The van der Waals surface area contributed by atoms with Crippen LogP contribution in [0.1, 0.15) is 17.5 Å². The number of benzene rings is 2. The van der Waals surface area contributed by atoms with Crippen molar-refractivity contribution in [1.82, 2.24) is 15.1 Å². The summed E-state index contributed by atoms with van der Waals surface area (Å²) in [4.78, 5) is 26.5.